The van der Waals surface area contributed by atoms with E-state index < -0.39 is 0 Å². The minimum Gasteiger partial charge on any atom is -0.192 e. The summed E-state index contributed by atoms with van der Waals surface area (Å²) in [6, 6.07) is 7.90. The number of nitriles is 1. The fourth-order valence-corrected chi connectivity index (χ4v) is 1.47. The van der Waals surface area contributed by atoms with Gasteiger partial charge in [-0.3, -0.25) is 0 Å². The molecule has 1 fully saturated rings. The summed E-state index contributed by atoms with van der Waals surface area (Å²) in [7, 11) is 0. The standard InChI is InChI=1S/C11H10N/c1-8-6-9(7-12)2-5-11(8)10-3-4-10/h2,5-6,10H,1,3-4H2. The molecule has 0 N–H and O–H groups in total. The zero-order chi connectivity index (χ0) is 8.55. The van der Waals surface area contributed by atoms with E-state index in [1.54, 1.807) is 0 Å². The maximum atomic E-state index is 8.63. The molecule has 1 radical (unpaired) electrons. The third kappa shape index (κ3) is 1.21. The van der Waals surface area contributed by atoms with Gasteiger partial charge < -0.3 is 0 Å². The van der Waals surface area contributed by atoms with Crippen LogP contribution in [0.1, 0.15) is 35.4 Å². The third-order valence-corrected chi connectivity index (χ3v) is 2.29. The van der Waals surface area contributed by atoms with Crippen molar-refractivity contribution in [2.75, 3.05) is 0 Å². The Bertz CT molecular complexity index is 343. The van der Waals surface area contributed by atoms with Gasteiger partial charge in [-0.2, -0.15) is 5.26 Å². The van der Waals surface area contributed by atoms with E-state index in [9.17, 15) is 0 Å². The van der Waals surface area contributed by atoms with Crippen LogP contribution in [-0.4, -0.2) is 0 Å². The summed E-state index contributed by atoms with van der Waals surface area (Å²) in [6.07, 6.45) is 2.57. The molecule has 59 valence electrons. The summed E-state index contributed by atoms with van der Waals surface area (Å²) in [5, 5.41) is 8.63. The van der Waals surface area contributed by atoms with Gasteiger partial charge in [0.25, 0.3) is 0 Å². The predicted molar refractivity (Wildman–Crippen MR) is 47.6 cm³/mol. The number of nitrogens with zero attached hydrogens (tertiary/aromatic N) is 1. The molecular weight excluding hydrogens is 146 g/mol. The van der Waals surface area contributed by atoms with Crippen molar-refractivity contribution in [2.45, 2.75) is 18.8 Å². The molecule has 1 heteroatoms. The Kier molecular flexibility index (Phi) is 1.62. The maximum absolute atomic E-state index is 8.63. The van der Waals surface area contributed by atoms with Gasteiger partial charge in [-0.05, 0) is 48.9 Å². The first kappa shape index (κ1) is 7.36. The quantitative estimate of drug-likeness (QED) is 0.613. The molecule has 0 bridgehead atoms. The minimum absolute atomic E-state index is 0.712. The number of benzene rings is 1. The first-order valence-electron chi connectivity index (χ1n) is 4.17. The van der Waals surface area contributed by atoms with Crippen molar-refractivity contribution in [1.82, 2.24) is 0 Å². The molecule has 0 spiro atoms. The highest BCUT2D eigenvalue weighted by Crippen LogP contribution is 2.41. The highest BCUT2D eigenvalue weighted by atomic mass is 14.3. The molecule has 1 nitrogen and oxygen atoms in total. The molecule has 0 atom stereocenters. The molecule has 0 amide bonds. The summed E-state index contributed by atoms with van der Waals surface area (Å²) in [4.78, 5) is 0. The van der Waals surface area contributed by atoms with E-state index in [2.05, 4.69) is 13.0 Å². The van der Waals surface area contributed by atoms with Crippen LogP contribution in [0.25, 0.3) is 0 Å². The second-order valence-corrected chi connectivity index (χ2v) is 3.30. The first-order valence-corrected chi connectivity index (χ1v) is 4.17. The largest absolute Gasteiger partial charge is 0.192 e. The van der Waals surface area contributed by atoms with Gasteiger partial charge in [0.2, 0.25) is 0 Å². The Hall–Kier alpha value is -1.29. The Morgan fingerprint density at radius 2 is 2.17 bits per heavy atom. The average Bonchev–Trinajstić information content (AvgIpc) is 2.87. The Labute approximate surface area is 72.6 Å². The van der Waals surface area contributed by atoms with E-state index >= 15 is 0 Å². The zero-order valence-electron chi connectivity index (χ0n) is 6.88. The third-order valence-electron chi connectivity index (χ3n) is 2.29. The summed E-state index contributed by atoms with van der Waals surface area (Å²) >= 11 is 0. The molecule has 2 rings (SSSR count). The van der Waals surface area contributed by atoms with Crippen LogP contribution in [0.3, 0.4) is 0 Å². The smallest absolute Gasteiger partial charge is 0.0991 e. The van der Waals surface area contributed by atoms with E-state index in [0.29, 0.717) is 5.56 Å². The lowest BCUT2D eigenvalue weighted by Crippen LogP contribution is -1.86. The van der Waals surface area contributed by atoms with Crippen molar-refractivity contribution in [3.63, 3.8) is 0 Å². The number of hydrogen-bond donors (Lipinski definition) is 0. The van der Waals surface area contributed by atoms with Crippen LogP contribution in [-0.2, 0) is 0 Å². The molecular formula is C11H10N. The van der Waals surface area contributed by atoms with Gasteiger partial charge in [-0.1, -0.05) is 6.07 Å². The molecule has 1 aromatic rings. The Morgan fingerprint density at radius 3 is 2.67 bits per heavy atom. The SMILES string of the molecule is [CH2]c1cc(C#N)ccc1C1CC1. The van der Waals surface area contributed by atoms with Gasteiger partial charge in [0.1, 0.15) is 0 Å². The van der Waals surface area contributed by atoms with Gasteiger partial charge >= 0.3 is 0 Å². The van der Waals surface area contributed by atoms with Crippen LogP contribution in [0.4, 0.5) is 0 Å². The lowest BCUT2D eigenvalue weighted by Gasteiger charge is -2.02. The van der Waals surface area contributed by atoms with E-state index in [1.165, 1.54) is 18.4 Å². The molecule has 1 aliphatic rings. The lowest BCUT2D eigenvalue weighted by molar-refractivity contribution is 1.11. The van der Waals surface area contributed by atoms with Gasteiger partial charge in [-0.25, -0.2) is 0 Å². The summed E-state index contributed by atoms with van der Waals surface area (Å²) in [6.45, 7) is 3.94. The highest BCUT2D eigenvalue weighted by Gasteiger charge is 2.24. The van der Waals surface area contributed by atoms with E-state index in [-0.39, 0.29) is 0 Å². The van der Waals surface area contributed by atoms with Crippen LogP contribution < -0.4 is 0 Å². The van der Waals surface area contributed by atoms with Crippen LogP contribution in [0.2, 0.25) is 0 Å². The predicted octanol–water partition coefficient (Wildman–Crippen LogP) is 2.62. The molecule has 1 aromatic carbocycles. The fourth-order valence-electron chi connectivity index (χ4n) is 1.47. The van der Waals surface area contributed by atoms with E-state index in [1.807, 2.05) is 18.2 Å². The Balaban J connectivity index is 2.40. The lowest BCUT2D eigenvalue weighted by atomic mass is 10.0. The normalized spacial score (nSPS) is 15.7. The van der Waals surface area contributed by atoms with Gasteiger partial charge in [0.15, 0.2) is 0 Å². The van der Waals surface area contributed by atoms with Crippen LogP contribution in [0.5, 0.6) is 0 Å². The monoisotopic (exact) mass is 156 g/mol. The summed E-state index contributed by atoms with van der Waals surface area (Å²) < 4.78 is 0. The fraction of sp³-hybridized carbons (Fsp3) is 0.273. The summed E-state index contributed by atoms with van der Waals surface area (Å²) in [5.41, 5.74) is 3.06. The van der Waals surface area contributed by atoms with Crippen molar-refractivity contribution in [2.24, 2.45) is 0 Å². The van der Waals surface area contributed by atoms with Gasteiger partial charge in [0, 0.05) is 0 Å². The van der Waals surface area contributed by atoms with Crippen molar-refractivity contribution in [3.8, 4) is 6.07 Å². The number of rotatable bonds is 1. The first-order chi connectivity index (χ1) is 5.81. The molecule has 0 unspecified atom stereocenters. The second kappa shape index (κ2) is 2.64. The average molecular weight is 156 g/mol. The molecule has 0 heterocycles. The van der Waals surface area contributed by atoms with Crippen molar-refractivity contribution < 1.29 is 0 Å². The van der Waals surface area contributed by atoms with Crippen LogP contribution in [0, 0.1) is 18.3 Å². The topological polar surface area (TPSA) is 23.8 Å². The molecule has 0 aromatic heterocycles. The number of hydrogen-bond acceptors (Lipinski definition) is 1. The molecule has 1 aliphatic carbocycles. The van der Waals surface area contributed by atoms with Gasteiger partial charge in [0.05, 0.1) is 11.6 Å². The highest BCUT2D eigenvalue weighted by molar-refractivity contribution is 5.42. The second-order valence-electron chi connectivity index (χ2n) is 3.30. The minimum atomic E-state index is 0.712. The Morgan fingerprint density at radius 1 is 1.42 bits per heavy atom. The zero-order valence-corrected chi connectivity index (χ0v) is 6.88. The molecule has 0 saturated heterocycles. The molecule has 0 aliphatic heterocycles. The molecule has 12 heavy (non-hydrogen) atoms. The van der Waals surface area contributed by atoms with E-state index in [0.717, 1.165) is 11.5 Å². The molecule has 1 saturated carbocycles. The van der Waals surface area contributed by atoms with Crippen molar-refractivity contribution in [3.05, 3.63) is 41.8 Å². The van der Waals surface area contributed by atoms with Crippen LogP contribution in [0.15, 0.2) is 18.2 Å². The summed E-state index contributed by atoms with van der Waals surface area (Å²) in [5.74, 6) is 0.727. The van der Waals surface area contributed by atoms with E-state index in [4.69, 9.17) is 5.26 Å². The maximum Gasteiger partial charge on any atom is 0.0991 e. The van der Waals surface area contributed by atoms with Crippen molar-refractivity contribution in [1.29, 1.82) is 5.26 Å². The van der Waals surface area contributed by atoms with Crippen LogP contribution >= 0.6 is 0 Å². The van der Waals surface area contributed by atoms with Gasteiger partial charge in [-0.15, -0.1) is 0 Å². The van der Waals surface area contributed by atoms with Crippen molar-refractivity contribution >= 4 is 0 Å².